The maximum absolute atomic E-state index is 12.5. The van der Waals surface area contributed by atoms with Gasteiger partial charge in [0.2, 0.25) is 0 Å². The van der Waals surface area contributed by atoms with Crippen molar-refractivity contribution in [2.45, 2.75) is 20.0 Å². The van der Waals surface area contributed by atoms with Crippen LogP contribution in [-0.4, -0.2) is 17.1 Å². The molecule has 2 aromatic rings. The van der Waals surface area contributed by atoms with Crippen LogP contribution in [0, 0.1) is 0 Å². The van der Waals surface area contributed by atoms with Crippen LogP contribution < -0.4 is 15.4 Å². The molecule has 0 fully saturated rings. The molecule has 2 rings (SSSR count). The molecule has 126 valence electrons. The molecule has 0 aromatic heterocycles. The Kier molecular flexibility index (Phi) is 6.77. The third-order valence-electron chi connectivity index (χ3n) is 2.88. The summed E-state index contributed by atoms with van der Waals surface area (Å²) >= 11 is 11.9. The number of carbonyl (C=O) groups excluding carboxylic acids is 1. The number of rotatable bonds is 4. The average Bonchev–Trinajstić information content (AvgIpc) is 2.50. The quantitative estimate of drug-likeness (QED) is 0.607. The van der Waals surface area contributed by atoms with Gasteiger partial charge in [0.05, 0.1) is 11.7 Å². The monoisotopic (exact) mass is 470 g/mol. The summed E-state index contributed by atoms with van der Waals surface area (Å²) in [6.45, 7) is 3.81. The fourth-order valence-electron chi connectivity index (χ4n) is 1.90. The first-order valence-electron chi connectivity index (χ1n) is 7.19. The minimum Gasteiger partial charge on any atom is -0.490 e. The molecule has 4 nitrogen and oxygen atoms in total. The molecule has 0 unspecified atom stereocenters. The van der Waals surface area contributed by atoms with E-state index in [1.165, 1.54) is 0 Å². The Morgan fingerprint density at radius 2 is 1.71 bits per heavy atom. The van der Waals surface area contributed by atoms with Crippen LogP contribution >= 0.6 is 44.1 Å². The smallest absolute Gasteiger partial charge is 0.261 e. The molecule has 0 aliphatic heterocycles. The lowest BCUT2D eigenvalue weighted by Gasteiger charge is -2.15. The third kappa shape index (κ3) is 5.58. The fourth-order valence-corrected chi connectivity index (χ4v) is 2.74. The highest BCUT2D eigenvalue weighted by atomic mass is 79.9. The molecule has 0 bridgehead atoms. The van der Waals surface area contributed by atoms with Crippen molar-refractivity contribution in [2.24, 2.45) is 0 Å². The SMILES string of the molecule is CC(C)Oc1ccc(Br)cc1C(=O)NC(=S)Nc1ccc(Br)cc1. The first-order valence-corrected chi connectivity index (χ1v) is 9.18. The minimum absolute atomic E-state index is 0.0365. The van der Waals surface area contributed by atoms with E-state index in [4.69, 9.17) is 17.0 Å². The van der Waals surface area contributed by atoms with Gasteiger partial charge >= 0.3 is 0 Å². The molecule has 0 saturated heterocycles. The maximum atomic E-state index is 12.5. The van der Waals surface area contributed by atoms with E-state index in [0.29, 0.717) is 11.3 Å². The molecule has 2 aromatic carbocycles. The van der Waals surface area contributed by atoms with Crippen molar-refractivity contribution < 1.29 is 9.53 Å². The summed E-state index contributed by atoms with van der Waals surface area (Å²) in [6, 6.07) is 12.8. The predicted molar refractivity (Wildman–Crippen MR) is 108 cm³/mol. The minimum atomic E-state index is -0.332. The van der Waals surface area contributed by atoms with Gasteiger partial charge in [-0.2, -0.15) is 0 Å². The molecule has 0 radical (unpaired) electrons. The molecular formula is C17H16Br2N2O2S. The largest absolute Gasteiger partial charge is 0.490 e. The summed E-state index contributed by atoms with van der Waals surface area (Å²) < 4.78 is 7.44. The van der Waals surface area contributed by atoms with Crippen molar-refractivity contribution in [2.75, 3.05) is 5.32 Å². The van der Waals surface area contributed by atoms with Crippen LogP contribution in [0.4, 0.5) is 5.69 Å². The maximum Gasteiger partial charge on any atom is 0.261 e. The van der Waals surface area contributed by atoms with Crippen molar-refractivity contribution in [3.8, 4) is 5.75 Å². The third-order valence-corrected chi connectivity index (χ3v) is 4.10. The first-order chi connectivity index (χ1) is 11.3. The average molecular weight is 472 g/mol. The molecule has 0 aliphatic carbocycles. The Bertz CT molecular complexity index is 749. The number of nitrogens with one attached hydrogen (secondary N) is 2. The second-order valence-electron chi connectivity index (χ2n) is 5.22. The molecule has 0 aliphatic rings. The summed E-state index contributed by atoms with van der Waals surface area (Å²) in [7, 11) is 0. The molecular weight excluding hydrogens is 456 g/mol. The van der Waals surface area contributed by atoms with E-state index >= 15 is 0 Å². The van der Waals surface area contributed by atoms with Gasteiger partial charge in [0, 0.05) is 14.6 Å². The van der Waals surface area contributed by atoms with Crippen molar-refractivity contribution in [3.05, 3.63) is 57.0 Å². The van der Waals surface area contributed by atoms with Crippen molar-refractivity contribution >= 4 is 60.8 Å². The van der Waals surface area contributed by atoms with Crippen LogP contribution in [0.15, 0.2) is 51.4 Å². The highest BCUT2D eigenvalue weighted by molar-refractivity contribution is 9.10. The summed E-state index contributed by atoms with van der Waals surface area (Å²) in [6.07, 6.45) is -0.0365. The van der Waals surface area contributed by atoms with E-state index in [1.807, 2.05) is 44.2 Å². The number of amides is 1. The topological polar surface area (TPSA) is 50.4 Å². The van der Waals surface area contributed by atoms with Crippen LogP contribution in [0.25, 0.3) is 0 Å². The summed E-state index contributed by atoms with van der Waals surface area (Å²) in [5.41, 5.74) is 1.20. The van der Waals surface area contributed by atoms with Gasteiger partial charge in [0.1, 0.15) is 5.75 Å². The molecule has 24 heavy (non-hydrogen) atoms. The van der Waals surface area contributed by atoms with Gasteiger partial charge in [0.15, 0.2) is 5.11 Å². The molecule has 7 heteroatoms. The van der Waals surface area contributed by atoms with Crippen LogP contribution in [0.2, 0.25) is 0 Å². The van der Waals surface area contributed by atoms with E-state index in [-0.39, 0.29) is 17.1 Å². The summed E-state index contributed by atoms with van der Waals surface area (Å²) in [5, 5.41) is 5.86. The highest BCUT2D eigenvalue weighted by Gasteiger charge is 2.15. The predicted octanol–water partition coefficient (Wildman–Crippen LogP) is 5.13. The van der Waals surface area contributed by atoms with Gasteiger partial charge < -0.3 is 10.1 Å². The van der Waals surface area contributed by atoms with Gasteiger partial charge in [-0.05, 0) is 68.5 Å². The molecule has 0 spiro atoms. The van der Waals surface area contributed by atoms with Gasteiger partial charge in [0.25, 0.3) is 5.91 Å². The van der Waals surface area contributed by atoms with Gasteiger partial charge in [-0.1, -0.05) is 31.9 Å². The highest BCUT2D eigenvalue weighted by Crippen LogP contribution is 2.24. The second kappa shape index (κ2) is 8.60. The normalized spacial score (nSPS) is 10.4. The fraction of sp³-hybridized carbons (Fsp3) is 0.176. The van der Waals surface area contributed by atoms with Crippen molar-refractivity contribution in [1.82, 2.24) is 5.32 Å². The molecule has 0 heterocycles. The van der Waals surface area contributed by atoms with Crippen LogP contribution in [0.5, 0.6) is 5.75 Å². The van der Waals surface area contributed by atoms with E-state index in [9.17, 15) is 4.79 Å². The Labute approximate surface area is 163 Å². The van der Waals surface area contributed by atoms with E-state index in [2.05, 4.69) is 42.5 Å². The first kappa shape index (κ1) is 18.9. The van der Waals surface area contributed by atoms with Crippen LogP contribution in [0.1, 0.15) is 24.2 Å². The summed E-state index contributed by atoms with van der Waals surface area (Å²) in [5.74, 6) is 0.179. The number of thiocarbonyl (C=S) groups is 1. The number of hydrogen-bond acceptors (Lipinski definition) is 3. The van der Waals surface area contributed by atoms with E-state index in [0.717, 1.165) is 14.6 Å². The van der Waals surface area contributed by atoms with Gasteiger partial charge in [-0.15, -0.1) is 0 Å². The molecule has 0 atom stereocenters. The lowest BCUT2D eigenvalue weighted by molar-refractivity contribution is 0.0972. The molecule has 0 saturated carbocycles. The number of benzene rings is 2. The second-order valence-corrected chi connectivity index (χ2v) is 7.46. The van der Waals surface area contributed by atoms with E-state index < -0.39 is 0 Å². The van der Waals surface area contributed by atoms with Crippen molar-refractivity contribution in [1.29, 1.82) is 0 Å². The Balaban J connectivity index is 2.09. The standard InChI is InChI=1S/C17H16Br2N2O2S/c1-10(2)23-15-8-5-12(19)9-14(15)16(22)21-17(24)20-13-6-3-11(18)4-7-13/h3-10H,1-2H3,(H2,20,21,22,24). The number of halogens is 2. The Morgan fingerprint density at radius 1 is 1.08 bits per heavy atom. The number of carbonyl (C=O) groups is 1. The zero-order chi connectivity index (χ0) is 17.7. The number of ether oxygens (including phenoxy) is 1. The van der Waals surface area contributed by atoms with E-state index in [1.54, 1.807) is 12.1 Å². The van der Waals surface area contributed by atoms with Gasteiger partial charge in [-0.25, -0.2) is 0 Å². The summed E-state index contributed by atoms with van der Waals surface area (Å²) in [4.78, 5) is 12.5. The lowest BCUT2D eigenvalue weighted by Crippen LogP contribution is -2.34. The Morgan fingerprint density at radius 3 is 2.33 bits per heavy atom. The van der Waals surface area contributed by atoms with Gasteiger partial charge in [-0.3, -0.25) is 10.1 Å². The number of hydrogen-bond donors (Lipinski definition) is 2. The number of anilines is 1. The zero-order valence-electron chi connectivity index (χ0n) is 13.1. The Hall–Kier alpha value is -1.44. The van der Waals surface area contributed by atoms with Crippen LogP contribution in [0.3, 0.4) is 0 Å². The molecule has 2 N–H and O–H groups in total. The lowest BCUT2D eigenvalue weighted by atomic mass is 10.2. The van der Waals surface area contributed by atoms with Crippen molar-refractivity contribution in [3.63, 3.8) is 0 Å². The van der Waals surface area contributed by atoms with Crippen LogP contribution in [-0.2, 0) is 0 Å². The molecule has 1 amide bonds. The zero-order valence-corrected chi connectivity index (χ0v) is 17.1.